The van der Waals surface area contributed by atoms with E-state index in [-0.39, 0.29) is 12.1 Å². The molecule has 1 heterocycles. The fourth-order valence-electron chi connectivity index (χ4n) is 2.01. The van der Waals surface area contributed by atoms with E-state index in [9.17, 15) is 18.0 Å². The van der Waals surface area contributed by atoms with Crippen molar-refractivity contribution in [3.8, 4) is 0 Å². The van der Waals surface area contributed by atoms with E-state index in [1.54, 1.807) is 24.3 Å². The van der Waals surface area contributed by atoms with Crippen molar-refractivity contribution < 1.29 is 13.2 Å². The van der Waals surface area contributed by atoms with Gasteiger partial charge in [-0.1, -0.05) is 12.1 Å². The van der Waals surface area contributed by atoms with Gasteiger partial charge in [-0.05, 0) is 19.1 Å². The molecule has 1 atom stereocenters. The van der Waals surface area contributed by atoms with Crippen LogP contribution in [-0.2, 0) is 21.2 Å². The second-order valence-electron chi connectivity index (χ2n) is 5.20. The van der Waals surface area contributed by atoms with Crippen LogP contribution in [0.4, 0.5) is 0 Å². The lowest BCUT2D eigenvalue weighted by atomic mass is 10.2. The summed E-state index contributed by atoms with van der Waals surface area (Å²) in [7, 11) is -1.99. The molecule has 1 aromatic heterocycles. The van der Waals surface area contributed by atoms with Crippen molar-refractivity contribution in [2.45, 2.75) is 18.7 Å². The summed E-state index contributed by atoms with van der Waals surface area (Å²) in [6.07, 6.45) is 1.01. The number of aromatic amines is 1. The molecule has 7 nitrogen and oxygen atoms in total. The van der Waals surface area contributed by atoms with Gasteiger partial charge in [0.2, 0.25) is 5.91 Å². The van der Waals surface area contributed by atoms with Crippen molar-refractivity contribution in [3.63, 3.8) is 0 Å². The highest BCUT2D eigenvalue weighted by Gasteiger charge is 2.26. The van der Waals surface area contributed by atoms with E-state index >= 15 is 0 Å². The van der Waals surface area contributed by atoms with Gasteiger partial charge in [0, 0.05) is 13.3 Å². The molecular formula is C14H17N3O4S. The predicted molar refractivity (Wildman–Crippen MR) is 83.1 cm³/mol. The van der Waals surface area contributed by atoms with Crippen molar-refractivity contribution in [2.75, 3.05) is 13.3 Å². The summed E-state index contributed by atoms with van der Waals surface area (Å²) < 4.78 is 22.9. The van der Waals surface area contributed by atoms with E-state index in [1.165, 1.54) is 18.9 Å². The van der Waals surface area contributed by atoms with Crippen molar-refractivity contribution in [3.05, 3.63) is 40.4 Å². The topological polar surface area (TPSA) is 100 Å². The Kier molecular flexibility index (Phi) is 4.32. The van der Waals surface area contributed by atoms with Crippen molar-refractivity contribution >= 4 is 26.6 Å². The Labute approximate surface area is 127 Å². The van der Waals surface area contributed by atoms with Gasteiger partial charge in [0.05, 0.1) is 17.4 Å². The SMILES string of the molecule is C[C@H](C(=O)N(C)Cc1nc2ccccc2c(=O)[nH]1)S(C)(=O)=O. The van der Waals surface area contributed by atoms with Crippen LogP contribution >= 0.6 is 0 Å². The second kappa shape index (κ2) is 5.88. The van der Waals surface area contributed by atoms with Crippen molar-refractivity contribution in [1.82, 2.24) is 14.9 Å². The van der Waals surface area contributed by atoms with Gasteiger partial charge in [0.1, 0.15) is 11.1 Å². The maximum absolute atomic E-state index is 12.1. The molecule has 0 aliphatic carbocycles. The number of para-hydroxylation sites is 1. The molecule has 0 aliphatic heterocycles. The molecule has 0 radical (unpaired) electrons. The Morgan fingerprint density at radius 2 is 2.00 bits per heavy atom. The van der Waals surface area contributed by atoms with Gasteiger partial charge in [-0.15, -0.1) is 0 Å². The third kappa shape index (κ3) is 3.33. The summed E-state index contributed by atoms with van der Waals surface area (Å²) in [5.41, 5.74) is 0.232. The first-order valence-electron chi connectivity index (χ1n) is 6.62. The summed E-state index contributed by atoms with van der Waals surface area (Å²) in [5, 5.41) is -0.672. The van der Waals surface area contributed by atoms with Crippen LogP contribution in [0.3, 0.4) is 0 Å². The lowest BCUT2D eigenvalue weighted by molar-refractivity contribution is -0.129. The minimum Gasteiger partial charge on any atom is -0.337 e. The number of nitrogens with zero attached hydrogens (tertiary/aromatic N) is 2. The van der Waals surface area contributed by atoms with Crippen LogP contribution in [0.25, 0.3) is 10.9 Å². The molecule has 2 rings (SSSR count). The van der Waals surface area contributed by atoms with E-state index < -0.39 is 21.0 Å². The molecule has 1 aromatic carbocycles. The zero-order chi connectivity index (χ0) is 16.5. The normalized spacial score (nSPS) is 13.0. The van der Waals surface area contributed by atoms with Crippen LogP contribution in [0.1, 0.15) is 12.7 Å². The summed E-state index contributed by atoms with van der Waals surface area (Å²) >= 11 is 0. The average Bonchev–Trinajstić information content (AvgIpc) is 2.44. The number of carbonyl (C=O) groups excluding carboxylic acids is 1. The molecule has 0 spiro atoms. The number of hydrogen-bond acceptors (Lipinski definition) is 5. The summed E-state index contributed by atoms with van der Waals surface area (Å²) in [5.74, 6) is -0.237. The maximum atomic E-state index is 12.1. The smallest absolute Gasteiger partial charge is 0.258 e. The number of hydrogen-bond donors (Lipinski definition) is 1. The van der Waals surface area contributed by atoms with Gasteiger partial charge in [-0.2, -0.15) is 0 Å². The van der Waals surface area contributed by atoms with Gasteiger partial charge in [0.15, 0.2) is 9.84 Å². The number of aromatic nitrogens is 2. The molecule has 0 saturated heterocycles. The molecule has 0 aliphatic rings. The largest absolute Gasteiger partial charge is 0.337 e. The van der Waals surface area contributed by atoms with E-state index in [0.29, 0.717) is 16.7 Å². The lowest BCUT2D eigenvalue weighted by Crippen LogP contribution is -2.39. The van der Waals surface area contributed by atoms with E-state index in [4.69, 9.17) is 0 Å². The molecule has 8 heteroatoms. The predicted octanol–water partition coefficient (Wildman–Crippen LogP) is 0.315. The highest BCUT2D eigenvalue weighted by Crippen LogP contribution is 2.08. The number of carbonyl (C=O) groups is 1. The molecule has 22 heavy (non-hydrogen) atoms. The first-order chi connectivity index (χ1) is 10.2. The summed E-state index contributed by atoms with van der Waals surface area (Å²) in [6.45, 7) is 1.36. The molecule has 0 saturated carbocycles. The highest BCUT2D eigenvalue weighted by molar-refractivity contribution is 7.92. The Morgan fingerprint density at radius 3 is 2.64 bits per heavy atom. The molecule has 0 fully saturated rings. The van der Waals surface area contributed by atoms with Crippen LogP contribution in [0.2, 0.25) is 0 Å². The quantitative estimate of drug-likeness (QED) is 0.873. The third-order valence-corrected chi connectivity index (χ3v) is 4.90. The standard InChI is InChI=1S/C14H17N3O4S/c1-9(22(3,20)21)14(19)17(2)8-12-15-11-7-5-4-6-10(11)13(18)16-12/h4-7,9H,8H2,1-3H3,(H,15,16,18)/t9-/m1/s1. The molecule has 1 N–H and O–H groups in total. The Hall–Kier alpha value is -2.22. The second-order valence-corrected chi connectivity index (χ2v) is 7.56. The Morgan fingerprint density at radius 1 is 1.36 bits per heavy atom. The highest BCUT2D eigenvalue weighted by atomic mass is 32.2. The van der Waals surface area contributed by atoms with E-state index in [1.807, 2.05) is 0 Å². The minimum absolute atomic E-state index is 0.0266. The fraction of sp³-hybridized carbons (Fsp3) is 0.357. The molecule has 0 unspecified atom stereocenters. The van der Waals surface area contributed by atoms with Gasteiger partial charge >= 0.3 is 0 Å². The first-order valence-corrected chi connectivity index (χ1v) is 8.57. The summed E-state index contributed by atoms with van der Waals surface area (Å²) in [6, 6.07) is 6.86. The van der Waals surface area contributed by atoms with Crippen molar-refractivity contribution in [2.24, 2.45) is 0 Å². The Balaban J connectivity index is 2.27. The molecule has 118 valence electrons. The fourth-order valence-corrected chi connectivity index (χ4v) is 2.55. The molecular weight excluding hydrogens is 306 g/mol. The third-order valence-electron chi connectivity index (χ3n) is 3.42. The van der Waals surface area contributed by atoms with Crippen LogP contribution < -0.4 is 5.56 Å². The van der Waals surface area contributed by atoms with Gasteiger partial charge in [0.25, 0.3) is 5.56 Å². The first kappa shape index (κ1) is 16.2. The molecule has 0 bridgehead atoms. The number of benzene rings is 1. The van der Waals surface area contributed by atoms with Crippen LogP contribution in [-0.4, -0.2) is 47.7 Å². The van der Waals surface area contributed by atoms with E-state index in [0.717, 1.165) is 6.26 Å². The monoisotopic (exact) mass is 323 g/mol. The zero-order valence-corrected chi connectivity index (χ0v) is 13.3. The van der Waals surface area contributed by atoms with E-state index in [2.05, 4.69) is 9.97 Å². The zero-order valence-electron chi connectivity index (χ0n) is 12.5. The number of sulfone groups is 1. The van der Waals surface area contributed by atoms with Gasteiger partial charge < -0.3 is 9.88 Å². The molecule has 1 amide bonds. The number of amides is 1. The summed E-state index contributed by atoms with van der Waals surface area (Å²) in [4.78, 5) is 32.1. The Bertz CT molecular complexity index is 873. The van der Waals surface area contributed by atoms with Gasteiger partial charge in [-0.25, -0.2) is 13.4 Å². The maximum Gasteiger partial charge on any atom is 0.258 e. The van der Waals surface area contributed by atoms with Crippen LogP contribution in [0.15, 0.2) is 29.1 Å². The minimum atomic E-state index is -3.47. The number of nitrogens with one attached hydrogen (secondary N) is 1. The van der Waals surface area contributed by atoms with Crippen LogP contribution in [0, 0.1) is 0 Å². The van der Waals surface area contributed by atoms with Crippen molar-refractivity contribution in [1.29, 1.82) is 0 Å². The lowest BCUT2D eigenvalue weighted by Gasteiger charge is -2.20. The number of H-pyrrole nitrogens is 1. The van der Waals surface area contributed by atoms with Gasteiger partial charge in [-0.3, -0.25) is 9.59 Å². The number of fused-ring (bicyclic) bond motifs is 1. The van der Waals surface area contributed by atoms with Crippen LogP contribution in [0.5, 0.6) is 0 Å². The number of rotatable bonds is 4. The average molecular weight is 323 g/mol. The molecule has 2 aromatic rings.